The zero-order chi connectivity index (χ0) is 19.4. The van der Waals surface area contributed by atoms with Gasteiger partial charge in [-0.3, -0.25) is 9.59 Å². The maximum absolute atomic E-state index is 12.5. The molecule has 0 radical (unpaired) electrons. The Bertz CT molecular complexity index is 917. The summed E-state index contributed by atoms with van der Waals surface area (Å²) in [5, 5.41) is 4.81. The number of nitrogens with one attached hydrogen (secondary N) is 2. The molecule has 1 fully saturated rings. The average Bonchev–Trinajstić information content (AvgIpc) is 3.38. The molecule has 9 heteroatoms. The number of carbonyl (C=O) groups is 2. The number of hydrogen-bond acceptors (Lipinski definition) is 5. The molecule has 2 heterocycles. The Balaban J connectivity index is 1.79. The van der Waals surface area contributed by atoms with E-state index in [-0.39, 0.29) is 10.9 Å². The van der Waals surface area contributed by atoms with Crippen molar-refractivity contribution < 1.29 is 22.4 Å². The molecule has 3 rings (SSSR count). The van der Waals surface area contributed by atoms with E-state index in [2.05, 4.69) is 10.6 Å². The molecule has 2 amide bonds. The van der Waals surface area contributed by atoms with Crippen LogP contribution in [0.1, 0.15) is 35.0 Å². The molecule has 2 N–H and O–H groups in total. The van der Waals surface area contributed by atoms with Crippen LogP contribution in [0.15, 0.2) is 52.0 Å². The quantitative estimate of drug-likeness (QED) is 0.771. The van der Waals surface area contributed by atoms with Crippen LogP contribution in [0.25, 0.3) is 0 Å². The van der Waals surface area contributed by atoms with Gasteiger partial charge in [0.15, 0.2) is 5.76 Å². The molecule has 144 valence electrons. The zero-order valence-corrected chi connectivity index (χ0v) is 15.7. The maximum atomic E-state index is 12.5. The minimum Gasteiger partial charge on any atom is -0.438 e. The Hall–Kier alpha value is -2.65. The van der Waals surface area contributed by atoms with Gasteiger partial charge in [0.05, 0.1) is 0 Å². The van der Waals surface area contributed by atoms with Crippen LogP contribution in [0.4, 0.5) is 0 Å². The fraction of sp³-hybridized carbons (Fsp3) is 0.333. The number of sulfonamides is 1. The molecule has 0 unspecified atom stereocenters. The van der Waals surface area contributed by atoms with Crippen LogP contribution in [0.2, 0.25) is 0 Å². The third kappa shape index (κ3) is 4.04. The predicted octanol–water partition coefficient (Wildman–Crippen LogP) is 1.28. The number of rotatable bonds is 6. The molecule has 1 atom stereocenters. The van der Waals surface area contributed by atoms with Gasteiger partial charge in [0.25, 0.3) is 15.9 Å². The summed E-state index contributed by atoms with van der Waals surface area (Å²) in [6.07, 6.45) is 1.61. The highest BCUT2D eigenvalue weighted by molar-refractivity contribution is 7.89. The SMILES string of the molecule is CNC(=O)[C@@H](NC(=O)c1ccc(S(=O)(=O)N2CCCC2)o1)c1ccccc1. The first-order valence-corrected chi connectivity index (χ1v) is 10.0. The molecular weight excluding hydrogens is 370 g/mol. The first-order valence-electron chi connectivity index (χ1n) is 8.61. The fourth-order valence-electron chi connectivity index (χ4n) is 2.93. The van der Waals surface area contributed by atoms with Gasteiger partial charge in [-0.1, -0.05) is 30.3 Å². The molecule has 27 heavy (non-hydrogen) atoms. The molecular formula is C18H21N3O5S. The number of benzene rings is 1. The molecule has 1 aliphatic rings. The number of likely N-dealkylation sites (N-methyl/N-ethyl adjacent to an activating group) is 1. The van der Waals surface area contributed by atoms with Gasteiger partial charge < -0.3 is 15.1 Å². The molecule has 0 saturated carbocycles. The molecule has 0 aliphatic carbocycles. The number of amides is 2. The molecule has 1 saturated heterocycles. The van der Waals surface area contributed by atoms with Crippen molar-refractivity contribution in [1.82, 2.24) is 14.9 Å². The van der Waals surface area contributed by atoms with Gasteiger partial charge in [0, 0.05) is 20.1 Å². The van der Waals surface area contributed by atoms with Crippen LogP contribution >= 0.6 is 0 Å². The van der Waals surface area contributed by atoms with E-state index in [1.165, 1.54) is 23.5 Å². The Morgan fingerprint density at radius 2 is 1.74 bits per heavy atom. The lowest BCUT2D eigenvalue weighted by molar-refractivity contribution is -0.122. The van der Waals surface area contributed by atoms with Crippen molar-refractivity contribution in [2.24, 2.45) is 0 Å². The van der Waals surface area contributed by atoms with Crippen LogP contribution in [-0.2, 0) is 14.8 Å². The predicted molar refractivity (Wildman–Crippen MR) is 97.4 cm³/mol. The number of nitrogens with zero attached hydrogens (tertiary/aromatic N) is 1. The lowest BCUT2D eigenvalue weighted by atomic mass is 10.1. The van der Waals surface area contributed by atoms with Gasteiger partial charge in [-0.2, -0.15) is 4.31 Å². The average molecular weight is 391 g/mol. The normalized spacial score (nSPS) is 16.0. The van der Waals surface area contributed by atoms with E-state index < -0.39 is 27.9 Å². The third-order valence-electron chi connectivity index (χ3n) is 4.38. The van der Waals surface area contributed by atoms with Crippen molar-refractivity contribution in [2.75, 3.05) is 20.1 Å². The van der Waals surface area contributed by atoms with Crippen LogP contribution in [0.3, 0.4) is 0 Å². The molecule has 1 aromatic carbocycles. The summed E-state index contributed by atoms with van der Waals surface area (Å²) in [6, 6.07) is 10.4. The Morgan fingerprint density at radius 3 is 2.37 bits per heavy atom. The Kier molecular flexibility index (Phi) is 5.62. The summed E-state index contributed by atoms with van der Waals surface area (Å²) in [5.74, 6) is -1.24. The second-order valence-corrected chi connectivity index (χ2v) is 8.03. The summed E-state index contributed by atoms with van der Waals surface area (Å²) < 4.78 is 31.6. The molecule has 1 aromatic heterocycles. The van der Waals surface area contributed by atoms with Crippen LogP contribution in [0.5, 0.6) is 0 Å². The van der Waals surface area contributed by atoms with Crippen molar-refractivity contribution >= 4 is 21.8 Å². The van der Waals surface area contributed by atoms with Crippen molar-refractivity contribution in [3.8, 4) is 0 Å². The standard InChI is InChI=1S/C18H21N3O5S/c1-19-18(23)16(13-7-3-2-4-8-13)20-17(22)14-9-10-15(26-14)27(24,25)21-11-5-6-12-21/h2-4,7-10,16H,5-6,11-12H2,1H3,(H,19,23)(H,20,22)/t16-/m0/s1. The third-order valence-corrected chi connectivity index (χ3v) is 6.15. The van der Waals surface area contributed by atoms with Gasteiger partial charge in [0.1, 0.15) is 6.04 Å². The summed E-state index contributed by atoms with van der Waals surface area (Å²) in [5.41, 5.74) is 0.599. The highest BCUT2D eigenvalue weighted by atomic mass is 32.2. The van der Waals surface area contributed by atoms with Crippen LogP contribution in [0, 0.1) is 0 Å². The second-order valence-electron chi connectivity index (χ2n) is 6.16. The summed E-state index contributed by atoms with van der Waals surface area (Å²) in [6.45, 7) is 0.884. The summed E-state index contributed by atoms with van der Waals surface area (Å²) in [4.78, 5) is 24.7. The summed E-state index contributed by atoms with van der Waals surface area (Å²) >= 11 is 0. The highest BCUT2D eigenvalue weighted by Crippen LogP contribution is 2.23. The lowest BCUT2D eigenvalue weighted by Gasteiger charge is -2.17. The lowest BCUT2D eigenvalue weighted by Crippen LogP contribution is -2.38. The first kappa shape index (κ1) is 19.1. The van der Waals surface area contributed by atoms with E-state index in [0.717, 1.165) is 12.8 Å². The van der Waals surface area contributed by atoms with Crippen molar-refractivity contribution in [2.45, 2.75) is 24.0 Å². The van der Waals surface area contributed by atoms with Crippen molar-refractivity contribution in [1.29, 1.82) is 0 Å². The van der Waals surface area contributed by atoms with Crippen molar-refractivity contribution in [3.05, 3.63) is 53.8 Å². The molecule has 2 aromatic rings. The summed E-state index contributed by atoms with van der Waals surface area (Å²) in [7, 11) is -2.28. The van der Waals surface area contributed by atoms with Gasteiger partial charge >= 0.3 is 0 Å². The zero-order valence-electron chi connectivity index (χ0n) is 14.8. The van der Waals surface area contributed by atoms with Gasteiger partial charge in [-0.05, 0) is 30.5 Å². The van der Waals surface area contributed by atoms with Crippen molar-refractivity contribution in [3.63, 3.8) is 0 Å². The molecule has 0 spiro atoms. The van der Waals surface area contributed by atoms with E-state index in [1.54, 1.807) is 30.3 Å². The highest BCUT2D eigenvalue weighted by Gasteiger charge is 2.31. The number of hydrogen-bond donors (Lipinski definition) is 2. The fourth-order valence-corrected chi connectivity index (χ4v) is 4.36. The van der Waals surface area contributed by atoms with Gasteiger partial charge in [0.2, 0.25) is 11.0 Å². The van der Waals surface area contributed by atoms with E-state index in [9.17, 15) is 18.0 Å². The monoisotopic (exact) mass is 391 g/mol. The van der Waals surface area contributed by atoms with E-state index in [0.29, 0.717) is 18.7 Å². The van der Waals surface area contributed by atoms with E-state index >= 15 is 0 Å². The molecule has 1 aliphatic heterocycles. The molecule has 8 nitrogen and oxygen atoms in total. The minimum atomic E-state index is -3.75. The second kappa shape index (κ2) is 7.93. The number of furan rings is 1. The largest absolute Gasteiger partial charge is 0.438 e. The van der Waals surface area contributed by atoms with Gasteiger partial charge in [-0.25, -0.2) is 8.42 Å². The topological polar surface area (TPSA) is 109 Å². The van der Waals surface area contributed by atoms with Crippen LogP contribution < -0.4 is 10.6 Å². The Labute approximate surface area is 157 Å². The van der Waals surface area contributed by atoms with E-state index in [1.807, 2.05) is 0 Å². The maximum Gasteiger partial charge on any atom is 0.287 e. The van der Waals surface area contributed by atoms with Gasteiger partial charge in [-0.15, -0.1) is 0 Å². The molecule has 0 bridgehead atoms. The number of carbonyl (C=O) groups excluding carboxylic acids is 2. The Morgan fingerprint density at radius 1 is 1.07 bits per heavy atom. The van der Waals surface area contributed by atoms with E-state index in [4.69, 9.17) is 4.42 Å². The first-order chi connectivity index (χ1) is 12.9. The van der Waals surface area contributed by atoms with Crippen LogP contribution in [-0.4, -0.2) is 44.7 Å². The minimum absolute atomic E-state index is 0.169. The smallest absolute Gasteiger partial charge is 0.287 e.